The average Bonchev–Trinajstić information content (AvgIpc) is 2.86. The molecule has 0 aliphatic carbocycles. The van der Waals surface area contributed by atoms with Gasteiger partial charge < -0.3 is 23.8 Å². The number of nitrogens with zero attached hydrogens (tertiary/aromatic N) is 1. The van der Waals surface area contributed by atoms with Crippen LogP contribution in [0.1, 0.15) is 19.8 Å². The van der Waals surface area contributed by atoms with Gasteiger partial charge in [-0.05, 0) is 29.3 Å². The molecule has 0 radical (unpaired) electrons. The zero-order valence-electron chi connectivity index (χ0n) is 19.5. The average molecular weight is 446 g/mol. The Kier molecular flexibility index (Phi) is 7.66. The Balaban J connectivity index is 1.93. The van der Waals surface area contributed by atoms with Crippen LogP contribution in [-0.4, -0.2) is 34.4 Å². The number of hydrogen-bond donors (Lipinski definition) is 0. The van der Waals surface area contributed by atoms with Crippen LogP contribution in [0.2, 0.25) is 0 Å². The molecule has 4 aromatic carbocycles. The maximum absolute atomic E-state index is 6.16. The zero-order chi connectivity index (χ0) is 23.0. The number of methoxy groups -OCH3 is 2. The van der Waals surface area contributed by atoms with Gasteiger partial charge in [0.25, 0.3) is 0 Å². The van der Waals surface area contributed by atoms with Gasteiger partial charge in [-0.2, -0.15) is 0 Å². The van der Waals surface area contributed by atoms with Gasteiger partial charge in [0.15, 0.2) is 25.1 Å². The van der Waals surface area contributed by atoms with E-state index in [4.69, 9.17) is 18.9 Å². The third kappa shape index (κ3) is 4.90. The second-order valence-corrected chi connectivity index (χ2v) is 7.88. The zero-order valence-corrected chi connectivity index (χ0v) is 19.5. The smallest absolute Gasteiger partial charge is 0.188 e. The summed E-state index contributed by atoms with van der Waals surface area (Å²) in [7, 11) is 3.28. The largest absolute Gasteiger partial charge is 0.465 e. The maximum atomic E-state index is 6.16. The molecule has 33 heavy (non-hydrogen) atoms. The van der Waals surface area contributed by atoms with Crippen molar-refractivity contribution in [1.29, 1.82) is 0 Å². The van der Waals surface area contributed by atoms with Crippen LogP contribution in [0.25, 0.3) is 21.5 Å². The molecular formula is C28H31NO4. The van der Waals surface area contributed by atoms with E-state index in [9.17, 15) is 0 Å². The molecule has 0 aliphatic rings. The first-order chi connectivity index (χ1) is 16.3. The van der Waals surface area contributed by atoms with Gasteiger partial charge in [-0.25, -0.2) is 0 Å². The topological polar surface area (TPSA) is 40.2 Å². The molecule has 0 amide bonds. The SMILES string of the molecule is CCCCN(c1ccc2ccccc2c1OCOC)c1ccc2ccccc2c1OCOC. The minimum absolute atomic E-state index is 0.174. The second-order valence-electron chi connectivity index (χ2n) is 7.88. The molecular weight excluding hydrogens is 414 g/mol. The highest BCUT2D eigenvalue weighted by molar-refractivity contribution is 5.98. The standard InChI is InChI=1S/C28H31NO4/c1-4-5-18-29(25-16-14-21-10-6-8-12-23(21)27(25)32-19-30-2)26-17-15-22-11-7-9-13-24(22)28(26)33-20-31-3/h6-17H,4-5,18-20H2,1-3H3. The van der Waals surface area contributed by atoms with Gasteiger partial charge >= 0.3 is 0 Å². The summed E-state index contributed by atoms with van der Waals surface area (Å²) in [5.41, 5.74) is 1.97. The lowest BCUT2D eigenvalue weighted by molar-refractivity contribution is 0.0521. The number of ether oxygens (including phenoxy) is 4. The van der Waals surface area contributed by atoms with Gasteiger partial charge in [0.1, 0.15) is 0 Å². The van der Waals surface area contributed by atoms with E-state index in [1.54, 1.807) is 14.2 Å². The van der Waals surface area contributed by atoms with Crippen LogP contribution < -0.4 is 14.4 Å². The first-order valence-electron chi connectivity index (χ1n) is 11.3. The summed E-state index contributed by atoms with van der Waals surface area (Å²) in [4.78, 5) is 2.29. The number of hydrogen-bond acceptors (Lipinski definition) is 5. The van der Waals surface area contributed by atoms with Gasteiger partial charge in [-0.15, -0.1) is 0 Å². The third-order valence-corrected chi connectivity index (χ3v) is 5.68. The van der Waals surface area contributed by atoms with Crippen LogP contribution in [0, 0.1) is 0 Å². The summed E-state index contributed by atoms with van der Waals surface area (Å²) in [6, 6.07) is 25.0. The molecule has 0 saturated carbocycles. The van der Waals surface area contributed by atoms with Crippen LogP contribution in [0.3, 0.4) is 0 Å². The fraction of sp³-hybridized carbons (Fsp3) is 0.286. The van der Waals surface area contributed by atoms with Crippen molar-refractivity contribution in [3.63, 3.8) is 0 Å². The van der Waals surface area contributed by atoms with E-state index in [0.29, 0.717) is 0 Å². The normalized spacial score (nSPS) is 11.1. The minimum atomic E-state index is 0.174. The predicted molar refractivity (Wildman–Crippen MR) is 135 cm³/mol. The predicted octanol–water partition coefficient (Wildman–Crippen LogP) is 6.90. The van der Waals surface area contributed by atoms with Crippen molar-refractivity contribution in [2.24, 2.45) is 0 Å². The summed E-state index contributed by atoms with van der Waals surface area (Å²) < 4.78 is 22.9. The highest BCUT2D eigenvalue weighted by atomic mass is 16.7. The van der Waals surface area contributed by atoms with E-state index < -0.39 is 0 Å². The molecule has 0 atom stereocenters. The summed E-state index contributed by atoms with van der Waals surface area (Å²) in [5, 5.41) is 4.34. The highest BCUT2D eigenvalue weighted by Gasteiger charge is 2.21. The Bertz CT molecular complexity index is 1120. The maximum Gasteiger partial charge on any atom is 0.188 e. The lowest BCUT2D eigenvalue weighted by atomic mass is 10.0. The van der Waals surface area contributed by atoms with Gasteiger partial charge in [0.2, 0.25) is 0 Å². The summed E-state index contributed by atoms with van der Waals surface area (Å²) >= 11 is 0. The lowest BCUT2D eigenvalue weighted by Gasteiger charge is -2.30. The van der Waals surface area contributed by atoms with Crippen molar-refractivity contribution in [2.75, 3.05) is 39.3 Å². The third-order valence-electron chi connectivity index (χ3n) is 5.68. The monoisotopic (exact) mass is 445 g/mol. The van der Waals surface area contributed by atoms with Gasteiger partial charge in [0, 0.05) is 31.5 Å². The van der Waals surface area contributed by atoms with Crippen LogP contribution in [0.15, 0.2) is 72.8 Å². The van der Waals surface area contributed by atoms with Crippen LogP contribution in [-0.2, 0) is 9.47 Å². The lowest BCUT2D eigenvalue weighted by Crippen LogP contribution is -2.21. The van der Waals surface area contributed by atoms with Crippen LogP contribution in [0.5, 0.6) is 11.5 Å². The molecule has 5 nitrogen and oxygen atoms in total. The Morgan fingerprint density at radius 2 is 1.12 bits per heavy atom. The molecule has 0 unspecified atom stereocenters. The molecule has 172 valence electrons. The molecule has 0 aliphatic heterocycles. The van der Waals surface area contributed by atoms with Crippen molar-refractivity contribution >= 4 is 32.9 Å². The molecule has 4 aromatic rings. The second kappa shape index (κ2) is 11.0. The summed E-state index contributed by atoms with van der Waals surface area (Å²) in [5.74, 6) is 1.61. The highest BCUT2D eigenvalue weighted by Crippen LogP contribution is 2.45. The molecule has 4 rings (SSSR count). The van der Waals surface area contributed by atoms with Crippen molar-refractivity contribution in [1.82, 2.24) is 0 Å². The van der Waals surface area contributed by atoms with E-state index in [0.717, 1.165) is 63.8 Å². The summed E-state index contributed by atoms with van der Waals surface area (Å²) in [6.45, 7) is 3.37. The van der Waals surface area contributed by atoms with E-state index in [1.807, 2.05) is 24.3 Å². The van der Waals surface area contributed by atoms with Crippen LogP contribution >= 0.6 is 0 Å². The first-order valence-corrected chi connectivity index (χ1v) is 11.3. The number of unbranched alkanes of at least 4 members (excludes halogenated alkanes) is 1. The van der Waals surface area contributed by atoms with E-state index in [2.05, 4.69) is 60.4 Å². The van der Waals surface area contributed by atoms with Gasteiger partial charge in [0.05, 0.1) is 11.4 Å². The molecule has 0 heterocycles. The van der Waals surface area contributed by atoms with Crippen molar-refractivity contribution in [2.45, 2.75) is 19.8 Å². The Hall–Kier alpha value is -3.28. The molecule has 0 saturated heterocycles. The first kappa shape index (κ1) is 22.9. The minimum Gasteiger partial charge on any atom is -0.465 e. The number of anilines is 2. The van der Waals surface area contributed by atoms with Gasteiger partial charge in [-0.1, -0.05) is 74.0 Å². The Morgan fingerprint density at radius 3 is 1.58 bits per heavy atom. The van der Waals surface area contributed by atoms with Crippen molar-refractivity contribution in [3.8, 4) is 11.5 Å². The fourth-order valence-electron chi connectivity index (χ4n) is 4.11. The molecule has 0 bridgehead atoms. The fourth-order valence-corrected chi connectivity index (χ4v) is 4.11. The molecule has 0 N–H and O–H groups in total. The van der Waals surface area contributed by atoms with E-state index in [-0.39, 0.29) is 13.6 Å². The van der Waals surface area contributed by atoms with Crippen molar-refractivity contribution in [3.05, 3.63) is 72.8 Å². The molecule has 0 spiro atoms. The Labute approximate surface area is 195 Å². The summed E-state index contributed by atoms with van der Waals surface area (Å²) in [6.07, 6.45) is 2.09. The Morgan fingerprint density at radius 1 is 0.636 bits per heavy atom. The number of benzene rings is 4. The molecule has 0 fully saturated rings. The molecule has 5 heteroatoms. The number of rotatable bonds is 11. The van der Waals surface area contributed by atoms with Crippen LogP contribution in [0.4, 0.5) is 11.4 Å². The van der Waals surface area contributed by atoms with Crippen molar-refractivity contribution < 1.29 is 18.9 Å². The quantitative estimate of drug-likeness (QED) is 0.235. The number of fused-ring (bicyclic) bond motifs is 2. The van der Waals surface area contributed by atoms with E-state index >= 15 is 0 Å². The van der Waals surface area contributed by atoms with Gasteiger partial charge in [-0.3, -0.25) is 0 Å². The van der Waals surface area contributed by atoms with E-state index in [1.165, 1.54) is 0 Å². The molecule has 0 aromatic heterocycles.